The normalized spacial score (nSPS) is 12.9. The van der Waals surface area contributed by atoms with Crippen molar-refractivity contribution in [3.05, 3.63) is 34.0 Å². The molecule has 0 amide bonds. The molecule has 4 nitrogen and oxygen atoms in total. The molecule has 0 saturated heterocycles. The highest BCUT2D eigenvalue weighted by Gasteiger charge is 2.22. The molecule has 0 saturated carbocycles. The zero-order valence-corrected chi connectivity index (χ0v) is 10.1. The molecule has 2 rings (SSSR count). The lowest BCUT2D eigenvalue weighted by molar-refractivity contribution is -0.138. The van der Waals surface area contributed by atoms with Crippen molar-refractivity contribution < 1.29 is 14.3 Å². The number of furan rings is 1. The molecular weight excluding hydrogens is 274 g/mol. The molecule has 16 heavy (non-hydrogen) atoms. The minimum atomic E-state index is -1.06. The molecule has 84 valence electrons. The van der Waals surface area contributed by atoms with Gasteiger partial charge in [0.2, 0.25) is 0 Å². The summed E-state index contributed by atoms with van der Waals surface area (Å²) in [5.41, 5.74) is 6.79. The molecule has 1 heterocycles. The summed E-state index contributed by atoms with van der Waals surface area (Å²) < 4.78 is 6.36. The summed E-state index contributed by atoms with van der Waals surface area (Å²) in [5.74, 6) is -0.517. The fourth-order valence-corrected chi connectivity index (χ4v) is 2.06. The minimum Gasteiger partial charge on any atom is -0.480 e. The topological polar surface area (TPSA) is 76.5 Å². The van der Waals surface area contributed by atoms with Gasteiger partial charge in [-0.05, 0) is 25.1 Å². The minimum absolute atomic E-state index is 0.537. The van der Waals surface area contributed by atoms with Gasteiger partial charge in [0.25, 0.3) is 0 Å². The Morgan fingerprint density at radius 1 is 1.56 bits per heavy atom. The number of aliphatic carboxylic acids is 1. The zero-order valence-electron chi connectivity index (χ0n) is 8.53. The maximum absolute atomic E-state index is 10.9. The Hall–Kier alpha value is -1.33. The summed E-state index contributed by atoms with van der Waals surface area (Å²) in [4.78, 5) is 10.9. The first-order valence-corrected chi connectivity index (χ1v) is 5.47. The van der Waals surface area contributed by atoms with E-state index < -0.39 is 12.0 Å². The van der Waals surface area contributed by atoms with Crippen LogP contribution in [0.1, 0.15) is 17.4 Å². The van der Waals surface area contributed by atoms with Crippen LogP contribution in [0.5, 0.6) is 0 Å². The summed E-state index contributed by atoms with van der Waals surface area (Å²) in [5, 5.41) is 9.66. The molecule has 1 aromatic carbocycles. The number of benzene rings is 1. The van der Waals surface area contributed by atoms with Crippen molar-refractivity contribution in [3.8, 4) is 0 Å². The summed E-state index contributed by atoms with van der Waals surface area (Å²) in [6.07, 6.45) is 0. The average molecular weight is 284 g/mol. The van der Waals surface area contributed by atoms with E-state index in [2.05, 4.69) is 15.9 Å². The molecule has 0 aliphatic carbocycles. The number of carboxylic acids is 1. The van der Waals surface area contributed by atoms with Gasteiger partial charge in [-0.1, -0.05) is 15.9 Å². The monoisotopic (exact) mass is 283 g/mol. The van der Waals surface area contributed by atoms with Gasteiger partial charge < -0.3 is 15.3 Å². The van der Waals surface area contributed by atoms with Gasteiger partial charge in [-0.2, -0.15) is 0 Å². The van der Waals surface area contributed by atoms with Crippen LogP contribution in [-0.4, -0.2) is 11.1 Å². The molecule has 1 aromatic heterocycles. The Kier molecular flexibility index (Phi) is 2.73. The average Bonchev–Trinajstić information content (AvgIpc) is 2.51. The Morgan fingerprint density at radius 3 is 2.88 bits per heavy atom. The Bertz CT molecular complexity index is 562. The third-order valence-electron chi connectivity index (χ3n) is 2.45. The standard InChI is InChI=1S/C11H10BrNO3/c1-5-9(10(13)11(14)15)7-3-2-6(12)4-8(7)16-5/h2-4,10H,13H2,1H3,(H,14,15). The lowest BCUT2D eigenvalue weighted by atomic mass is 10.0. The van der Waals surface area contributed by atoms with Gasteiger partial charge in [-0.3, -0.25) is 4.79 Å². The number of hydrogen-bond donors (Lipinski definition) is 2. The van der Waals surface area contributed by atoms with E-state index >= 15 is 0 Å². The number of rotatable bonds is 2. The van der Waals surface area contributed by atoms with Gasteiger partial charge in [-0.25, -0.2) is 0 Å². The quantitative estimate of drug-likeness (QED) is 0.888. The second kappa shape index (κ2) is 3.92. The van der Waals surface area contributed by atoms with Crippen LogP contribution in [-0.2, 0) is 4.79 Å². The van der Waals surface area contributed by atoms with Gasteiger partial charge in [0, 0.05) is 15.4 Å². The van der Waals surface area contributed by atoms with Crippen LogP contribution in [0.25, 0.3) is 11.0 Å². The summed E-state index contributed by atoms with van der Waals surface area (Å²) >= 11 is 3.32. The van der Waals surface area contributed by atoms with E-state index in [1.165, 1.54) is 0 Å². The third-order valence-corrected chi connectivity index (χ3v) is 2.95. The van der Waals surface area contributed by atoms with Crippen LogP contribution >= 0.6 is 15.9 Å². The SMILES string of the molecule is Cc1oc2cc(Br)ccc2c1C(N)C(=O)O. The summed E-state index contributed by atoms with van der Waals surface area (Å²) in [6.45, 7) is 1.71. The molecule has 0 bridgehead atoms. The van der Waals surface area contributed by atoms with Crippen LogP contribution < -0.4 is 5.73 Å². The third kappa shape index (κ3) is 1.72. The van der Waals surface area contributed by atoms with E-state index in [0.717, 1.165) is 9.86 Å². The van der Waals surface area contributed by atoms with E-state index in [-0.39, 0.29) is 0 Å². The Balaban J connectivity index is 2.69. The molecule has 0 fully saturated rings. The van der Waals surface area contributed by atoms with E-state index in [9.17, 15) is 4.79 Å². The van der Waals surface area contributed by atoms with E-state index in [4.69, 9.17) is 15.3 Å². The molecule has 3 N–H and O–H groups in total. The first-order valence-electron chi connectivity index (χ1n) is 4.67. The highest BCUT2D eigenvalue weighted by atomic mass is 79.9. The molecule has 0 spiro atoms. The Morgan fingerprint density at radius 2 is 2.25 bits per heavy atom. The van der Waals surface area contributed by atoms with Crippen molar-refractivity contribution in [1.82, 2.24) is 0 Å². The predicted octanol–water partition coefficient (Wildman–Crippen LogP) is 2.59. The van der Waals surface area contributed by atoms with Crippen molar-refractivity contribution in [2.24, 2.45) is 5.73 Å². The second-order valence-corrected chi connectivity index (χ2v) is 4.44. The molecule has 1 atom stereocenters. The number of fused-ring (bicyclic) bond motifs is 1. The molecule has 0 aliphatic rings. The fraction of sp³-hybridized carbons (Fsp3) is 0.182. The van der Waals surface area contributed by atoms with E-state index in [1.54, 1.807) is 19.1 Å². The largest absolute Gasteiger partial charge is 0.480 e. The maximum Gasteiger partial charge on any atom is 0.325 e. The van der Waals surface area contributed by atoms with Crippen molar-refractivity contribution in [2.75, 3.05) is 0 Å². The highest BCUT2D eigenvalue weighted by molar-refractivity contribution is 9.10. The number of hydrogen-bond acceptors (Lipinski definition) is 3. The predicted molar refractivity (Wildman–Crippen MR) is 63.2 cm³/mol. The molecule has 0 aliphatic heterocycles. The smallest absolute Gasteiger partial charge is 0.325 e. The second-order valence-electron chi connectivity index (χ2n) is 3.53. The molecule has 0 radical (unpaired) electrons. The van der Waals surface area contributed by atoms with Crippen LogP contribution in [0.15, 0.2) is 27.1 Å². The number of carbonyl (C=O) groups is 1. The Labute approximate surface area is 100 Å². The van der Waals surface area contributed by atoms with Crippen molar-refractivity contribution in [1.29, 1.82) is 0 Å². The fourth-order valence-electron chi connectivity index (χ4n) is 1.72. The number of aryl methyl sites for hydroxylation is 1. The molecule has 1 unspecified atom stereocenters. The van der Waals surface area contributed by atoms with Gasteiger partial charge in [0.1, 0.15) is 17.4 Å². The van der Waals surface area contributed by atoms with Gasteiger partial charge in [0.05, 0.1) is 0 Å². The zero-order chi connectivity index (χ0) is 11.9. The summed E-state index contributed by atoms with van der Waals surface area (Å²) in [7, 11) is 0. The van der Waals surface area contributed by atoms with E-state index in [1.807, 2.05) is 6.07 Å². The van der Waals surface area contributed by atoms with Gasteiger partial charge >= 0.3 is 5.97 Å². The van der Waals surface area contributed by atoms with E-state index in [0.29, 0.717) is 16.9 Å². The molecular formula is C11H10BrNO3. The van der Waals surface area contributed by atoms with Gasteiger partial charge in [0.15, 0.2) is 0 Å². The lowest BCUT2D eigenvalue weighted by Gasteiger charge is -2.04. The lowest BCUT2D eigenvalue weighted by Crippen LogP contribution is -2.21. The van der Waals surface area contributed by atoms with Crippen molar-refractivity contribution in [3.63, 3.8) is 0 Å². The maximum atomic E-state index is 10.9. The van der Waals surface area contributed by atoms with Crippen LogP contribution in [0.2, 0.25) is 0 Å². The molecule has 5 heteroatoms. The van der Waals surface area contributed by atoms with Gasteiger partial charge in [-0.15, -0.1) is 0 Å². The van der Waals surface area contributed by atoms with Crippen LogP contribution in [0.3, 0.4) is 0 Å². The number of halogens is 1. The van der Waals surface area contributed by atoms with Crippen molar-refractivity contribution in [2.45, 2.75) is 13.0 Å². The summed E-state index contributed by atoms with van der Waals surface area (Å²) in [6, 6.07) is 4.37. The van der Waals surface area contributed by atoms with Crippen molar-refractivity contribution >= 4 is 32.9 Å². The first kappa shape index (κ1) is 11.2. The number of carboxylic acid groups (broad SMARTS) is 1. The first-order chi connectivity index (χ1) is 7.50. The van der Waals surface area contributed by atoms with Crippen LogP contribution in [0.4, 0.5) is 0 Å². The highest BCUT2D eigenvalue weighted by Crippen LogP contribution is 2.31. The number of nitrogens with two attached hydrogens (primary N) is 1. The van der Waals surface area contributed by atoms with Crippen LogP contribution in [0, 0.1) is 6.92 Å². The molecule has 2 aromatic rings.